The summed E-state index contributed by atoms with van der Waals surface area (Å²) >= 11 is 12.9. The molecule has 1 aromatic carbocycles. The van der Waals surface area contributed by atoms with Gasteiger partial charge in [0, 0.05) is 17.0 Å². The van der Waals surface area contributed by atoms with Crippen LogP contribution in [0.1, 0.15) is 0 Å². The van der Waals surface area contributed by atoms with Crippen LogP contribution in [0.15, 0.2) is 17.0 Å². The predicted octanol–water partition coefficient (Wildman–Crippen LogP) is 4.32. The molecule has 14 heavy (non-hydrogen) atoms. The molecule has 0 saturated heterocycles. The molecule has 0 fully saturated rings. The van der Waals surface area contributed by atoms with Crippen molar-refractivity contribution in [2.45, 2.75) is 11.5 Å². The number of halogens is 4. The largest absolute Gasteiger partial charge is 0.435 e. The highest BCUT2D eigenvalue weighted by molar-refractivity contribution is 7.98. The number of alkyl halides is 2. The smallest absolute Gasteiger partial charge is 0.387 e. The number of thioether (sulfide) groups is 1. The van der Waals surface area contributed by atoms with Gasteiger partial charge in [-0.1, -0.05) is 23.2 Å². The first-order valence-corrected chi connectivity index (χ1v) is 5.50. The van der Waals surface area contributed by atoms with E-state index in [1.54, 1.807) is 6.26 Å². The van der Waals surface area contributed by atoms with Gasteiger partial charge in [0.25, 0.3) is 0 Å². The first-order chi connectivity index (χ1) is 6.54. The zero-order valence-electron chi connectivity index (χ0n) is 7.06. The summed E-state index contributed by atoms with van der Waals surface area (Å²) in [7, 11) is 0. The molecule has 1 rings (SSSR count). The first kappa shape index (κ1) is 11.9. The Bertz CT molecular complexity index is 310. The molecule has 1 nitrogen and oxygen atoms in total. The maximum Gasteiger partial charge on any atom is 0.387 e. The fraction of sp³-hybridized carbons (Fsp3) is 0.250. The van der Waals surface area contributed by atoms with Crippen LogP contribution in [0.3, 0.4) is 0 Å². The normalized spacial score (nSPS) is 10.7. The Labute approximate surface area is 94.3 Å². The number of hydrogen-bond donors (Lipinski definition) is 0. The van der Waals surface area contributed by atoms with Gasteiger partial charge in [-0.05, 0) is 6.26 Å². The van der Waals surface area contributed by atoms with Crippen LogP contribution in [-0.4, -0.2) is 12.9 Å². The monoisotopic (exact) mass is 258 g/mol. The van der Waals surface area contributed by atoms with Crippen LogP contribution in [0.4, 0.5) is 8.78 Å². The number of ether oxygens (including phenoxy) is 1. The number of rotatable bonds is 3. The van der Waals surface area contributed by atoms with Gasteiger partial charge < -0.3 is 4.74 Å². The third-order valence-electron chi connectivity index (χ3n) is 1.40. The molecule has 0 spiro atoms. The molecule has 0 amide bonds. The van der Waals surface area contributed by atoms with E-state index in [2.05, 4.69) is 4.74 Å². The quantitative estimate of drug-likeness (QED) is 0.747. The molecule has 0 saturated carbocycles. The van der Waals surface area contributed by atoms with Crippen LogP contribution in [0.25, 0.3) is 0 Å². The lowest BCUT2D eigenvalue weighted by molar-refractivity contribution is -0.0498. The molecule has 78 valence electrons. The highest BCUT2D eigenvalue weighted by Gasteiger charge is 2.10. The molecule has 0 atom stereocenters. The van der Waals surface area contributed by atoms with Crippen molar-refractivity contribution >= 4 is 35.0 Å². The Kier molecular flexibility index (Phi) is 4.29. The van der Waals surface area contributed by atoms with E-state index in [4.69, 9.17) is 23.2 Å². The van der Waals surface area contributed by atoms with E-state index in [1.807, 2.05) is 0 Å². The van der Waals surface area contributed by atoms with E-state index < -0.39 is 6.61 Å². The standard InChI is InChI=1S/C8H6Cl2F2OS/c1-14-7-5(9)2-4(3-6(7)10)13-8(11)12/h2-3,8H,1H3. The average molecular weight is 259 g/mol. The second-order valence-corrected chi connectivity index (χ2v) is 3.93. The lowest BCUT2D eigenvalue weighted by atomic mass is 10.3. The molecule has 0 aliphatic carbocycles. The van der Waals surface area contributed by atoms with E-state index in [-0.39, 0.29) is 5.75 Å². The minimum atomic E-state index is -2.87. The van der Waals surface area contributed by atoms with Gasteiger partial charge in [-0.3, -0.25) is 0 Å². The Hall–Kier alpha value is -0.190. The average Bonchev–Trinajstić information content (AvgIpc) is 2.01. The van der Waals surface area contributed by atoms with Gasteiger partial charge in [-0.15, -0.1) is 11.8 Å². The lowest BCUT2D eigenvalue weighted by Crippen LogP contribution is -2.01. The van der Waals surface area contributed by atoms with E-state index in [0.29, 0.717) is 14.9 Å². The summed E-state index contributed by atoms with van der Waals surface area (Å²) < 4.78 is 27.9. The third kappa shape index (κ3) is 2.90. The zero-order valence-corrected chi connectivity index (χ0v) is 9.39. The van der Waals surface area contributed by atoms with Crippen molar-refractivity contribution in [3.05, 3.63) is 22.2 Å². The molecule has 0 bridgehead atoms. The molecule has 0 radical (unpaired) electrons. The van der Waals surface area contributed by atoms with Crippen LogP contribution in [-0.2, 0) is 0 Å². The van der Waals surface area contributed by atoms with Gasteiger partial charge in [0.1, 0.15) is 5.75 Å². The van der Waals surface area contributed by atoms with E-state index in [9.17, 15) is 8.78 Å². The zero-order chi connectivity index (χ0) is 10.7. The Morgan fingerprint density at radius 3 is 2.14 bits per heavy atom. The van der Waals surface area contributed by atoms with Crippen LogP contribution in [0.5, 0.6) is 5.75 Å². The van der Waals surface area contributed by atoms with Crippen molar-refractivity contribution in [2.24, 2.45) is 0 Å². The summed E-state index contributed by atoms with van der Waals surface area (Å²) in [6.45, 7) is -2.87. The second-order valence-electron chi connectivity index (χ2n) is 2.30. The molecule has 0 unspecified atom stereocenters. The predicted molar refractivity (Wildman–Crippen MR) is 54.9 cm³/mol. The molecule has 0 aliphatic rings. The first-order valence-electron chi connectivity index (χ1n) is 3.52. The summed E-state index contributed by atoms with van der Waals surface area (Å²) in [5.41, 5.74) is 0. The van der Waals surface area contributed by atoms with Crippen LogP contribution >= 0.6 is 35.0 Å². The molecule has 1 aromatic rings. The van der Waals surface area contributed by atoms with Crippen LogP contribution in [0.2, 0.25) is 10.0 Å². The summed E-state index contributed by atoms with van der Waals surface area (Å²) in [5, 5.41) is 0.612. The summed E-state index contributed by atoms with van der Waals surface area (Å²) in [6, 6.07) is 2.62. The highest BCUT2D eigenvalue weighted by atomic mass is 35.5. The fourth-order valence-corrected chi connectivity index (χ4v) is 2.34. The number of benzene rings is 1. The van der Waals surface area contributed by atoms with Gasteiger partial charge in [0.15, 0.2) is 0 Å². The topological polar surface area (TPSA) is 9.23 Å². The maximum absolute atomic E-state index is 11.9. The van der Waals surface area contributed by atoms with Crippen molar-refractivity contribution in [2.75, 3.05) is 6.26 Å². The molecular formula is C8H6Cl2F2OS. The van der Waals surface area contributed by atoms with Gasteiger partial charge in [-0.25, -0.2) is 0 Å². The molecule has 0 aromatic heterocycles. The van der Waals surface area contributed by atoms with Crippen molar-refractivity contribution in [1.82, 2.24) is 0 Å². The molecule has 6 heteroatoms. The fourth-order valence-electron chi connectivity index (χ4n) is 0.903. The van der Waals surface area contributed by atoms with Gasteiger partial charge >= 0.3 is 6.61 Å². The number of hydrogen-bond acceptors (Lipinski definition) is 2. The van der Waals surface area contributed by atoms with Crippen molar-refractivity contribution in [3.8, 4) is 5.75 Å². The Balaban J connectivity index is 3.01. The van der Waals surface area contributed by atoms with Crippen LogP contribution < -0.4 is 4.74 Å². The van der Waals surface area contributed by atoms with Gasteiger partial charge in [0.05, 0.1) is 10.0 Å². The van der Waals surface area contributed by atoms with Crippen molar-refractivity contribution in [3.63, 3.8) is 0 Å². The summed E-state index contributed by atoms with van der Waals surface area (Å²) in [5.74, 6) is -0.0344. The van der Waals surface area contributed by atoms with Gasteiger partial charge in [0.2, 0.25) is 0 Å². The molecular weight excluding hydrogens is 253 g/mol. The minimum absolute atomic E-state index is 0.0344. The minimum Gasteiger partial charge on any atom is -0.435 e. The Morgan fingerprint density at radius 1 is 1.29 bits per heavy atom. The van der Waals surface area contributed by atoms with E-state index in [1.165, 1.54) is 23.9 Å². The summed E-state index contributed by atoms with van der Waals surface area (Å²) in [6.07, 6.45) is 1.79. The van der Waals surface area contributed by atoms with Gasteiger partial charge in [-0.2, -0.15) is 8.78 Å². The second kappa shape index (κ2) is 5.05. The lowest BCUT2D eigenvalue weighted by Gasteiger charge is -2.08. The molecule has 0 heterocycles. The third-order valence-corrected chi connectivity index (χ3v) is 3.07. The van der Waals surface area contributed by atoms with E-state index >= 15 is 0 Å². The Morgan fingerprint density at radius 2 is 1.79 bits per heavy atom. The SMILES string of the molecule is CSc1c(Cl)cc(OC(F)F)cc1Cl. The maximum atomic E-state index is 11.9. The van der Waals surface area contributed by atoms with Crippen molar-refractivity contribution in [1.29, 1.82) is 0 Å². The van der Waals surface area contributed by atoms with Crippen molar-refractivity contribution < 1.29 is 13.5 Å². The molecule has 0 aliphatic heterocycles. The highest BCUT2D eigenvalue weighted by Crippen LogP contribution is 2.36. The van der Waals surface area contributed by atoms with E-state index in [0.717, 1.165) is 0 Å². The molecule has 0 N–H and O–H groups in total. The summed E-state index contributed by atoms with van der Waals surface area (Å²) in [4.78, 5) is 0.648. The van der Waals surface area contributed by atoms with Crippen LogP contribution in [0, 0.1) is 0 Å².